The van der Waals surface area contributed by atoms with Crippen molar-refractivity contribution in [2.75, 3.05) is 25.3 Å². The molecule has 0 saturated carbocycles. The molecule has 0 bridgehead atoms. The number of hydrazine groups is 1. The van der Waals surface area contributed by atoms with Gasteiger partial charge in [-0.2, -0.15) is 0 Å². The molecule has 1 aliphatic heterocycles. The molecule has 1 aliphatic rings. The number of hydrogen-bond donors (Lipinski definition) is 1. The Morgan fingerprint density at radius 2 is 1.58 bits per heavy atom. The Morgan fingerprint density at radius 1 is 0.889 bits per heavy atom. The lowest BCUT2D eigenvalue weighted by atomic mass is 9.98. The molecule has 1 fully saturated rings. The Hall–Kier alpha value is -4.26. The van der Waals surface area contributed by atoms with Crippen LogP contribution in [0, 0.1) is 0 Å². The van der Waals surface area contributed by atoms with E-state index in [1.54, 1.807) is 55.7 Å². The Morgan fingerprint density at radius 3 is 2.31 bits per heavy atom. The van der Waals surface area contributed by atoms with Crippen molar-refractivity contribution >= 4 is 23.6 Å². The monoisotopic (exact) mass is 486 g/mol. The van der Waals surface area contributed by atoms with E-state index in [2.05, 4.69) is 25.3 Å². The van der Waals surface area contributed by atoms with Gasteiger partial charge >= 0.3 is 0 Å². The molecule has 1 N–H and O–H groups in total. The summed E-state index contributed by atoms with van der Waals surface area (Å²) in [5.74, 6) is 1.45. The highest BCUT2D eigenvalue weighted by Gasteiger charge is 2.34. The zero-order valence-electron chi connectivity index (χ0n) is 20.7. The van der Waals surface area contributed by atoms with Crippen molar-refractivity contribution in [3.05, 3.63) is 89.5 Å². The molecule has 1 atom stereocenters. The van der Waals surface area contributed by atoms with Crippen molar-refractivity contribution < 1.29 is 23.8 Å². The number of para-hydroxylation sites is 2. The van der Waals surface area contributed by atoms with Gasteiger partial charge in [0.1, 0.15) is 24.5 Å². The van der Waals surface area contributed by atoms with Gasteiger partial charge in [-0.3, -0.25) is 15.0 Å². The first-order valence-corrected chi connectivity index (χ1v) is 12.0. The van der Waals surface area contributed by atoms with Crippen LogP contribution in [0.2, 0.25) is 0 Å². The van der Waals surface area contributed by atoms with Crippen LogP contribution in [0.3, 0.4) is 0 Å². The van der Waals surface area contributed by atoms with Gasteiger partial charge in [0, 0.05) is 0 Å². The molecule has 1 saturated heterocycles. The molecule has 4 rings (SSSR count). The van der Waals surface area contributed by atoms with Gasteiger partial charge in [-0.15, -0.1) is 0 Å². The van der Waals surface area contributed by atoms with Crippen LogP contribution >= 0.6 is 0 Å². The highest BCUT2D eigenvalue weighted by atomic mass is 16.5. The van der Waals surface area contributed by atoms with Crippen LogP contribution in [0.4, 0.5) is 5.69 Å². The molecule has 7 heteroatoms. The van der Waals surface area contributed by atoms with Gasteiger partial charge in [0.05, 0.1) is 12.8 Å². The maximum Gasteiger partial charge on any atom is 0.282 e. The van der Waals surface area contributed by atoms with Crippen LogP contribution in [-0.2, 0) is 9.59 Å². The number of carbonyl (C=O) groups is 2. The van der Waals surface area contributed by atoms with Gasteiger partial charge in [0.2, 0.25) is 0 Å². The van der Waals surface area contributed by atoms with Gasteiger partial charge in [0.25, 0.3) is 11.8 Å². The number of carbonyl (C=O) groups excluding carboxylic acids is 2. The van der Waals surface area contributed by atoms with E-state index in [-0.39, 0.29) is 5.57 Å². The molecule has 0 spiro atoms. The van der Waals surface area contributed by atoms with Gasteiger partial charge in [-0.1, -0.05) is 56.3 Å². The standard InChI is InChI=1S/C29H30N2O5/c1-4-20(2)23-12-8-9-13-25(23)35-16-17-36-26-15-14-21(19-27(26)34-3)18-24-28(32)30-31(29(24)33)22-10-6-5-7-11-22/h5-15,18-20H,4,16-17H2,1-3H3,(H,30,32)/b24-18-. The largest absolute Gasteiger partial charge is 0.493 e. The summed E-state index contributed by atoms with van der Waals surface area (Å²) in [5.41, 5.74) is 5.07. The normalized spacial score (nSPS) is 15.1. The van der Waals surface area contributed by atoms with Crippen molar-refractivity contribution in [2.45, 2.75) is 26.2 Å². The zero-order chi connectivity index (χ0) is 25.5. The molecule has 3 aromatic carbocycles. The molecule has 3 aromatic rings. The average molecular weight is 487 g/mol. The molecule has 0 aliphatic carbocycles. The lowest BCUT2D eigenvalue weighted by molar-refractivity contribution is -0.117. The number of nitrogens with one attached hydrogen (secondary N) is 1. The molecular weight excluding hydrogens is 456 g/mol. The summed E-state index contributed by atoms with van der Waals surface area (Å²) >= 11 is 0. The second-order valence-corrected chi connectivity index (χ2v) is 8.43. The third-order valence-electron chi connectivity index (χ3n) is 6.07. The fourth-order valence-electron chi connectivity index (χ4n) is 3.92. The topological polar surface area (TPSA) is 77.1 Å². The highest BCUT2D eigenvalue weighted by molar-refractivity contribution is 6.31. The second-order valence-electron chi connectivity index (χ2n) is 8.43. The zero-order valence-corrected chi connectivity index (χ0v) is 20.7. The van der Waals surface area contributed by atoms with Crippen molar-refractivity contribution in [2.24, 2.45) is 0 Å². The second kappa shape index (κ2) is 11.4. The van der Waals surface area contributed by atoms with Crippen LogP contribution in [0.5, 0.6) is 17.2 Å². The maximum absolute atomic E-state index is 12.8. The molecule has 0 radical (unpaired) electrons. The van der Waals surface area contributed by atoms with E-state index in [0.29, 0.717) is 41.9 Å². The minimum atomic E-state index is -0.460. The maximum atomic E-state index is 12.8. The molecule has 186 valence electrons. The Labute approximate surface area is 211 Å². The Bertz CT molecular complexity index is 1260. The van der Waals surface area contributed by atoms with E-state index in [4.69, 9.17) is 14.2 Å². The van der Waals surface area contributed by atoms with E-state index < -0.39 is 11.8 Å². The number of rotatable bonds is 10. The lowest BCUT2D eigenvalue weighted by Crippen LogP contribution is -2.35. The molecule has 2 amide bonds. The number of ether oxygens (including phenoxy) is 3. The first kappa shape index (κ1) is 24.9. The van der Waals surface area contributed by atoms with Crippen LogP contribution in [0.15, 0.2) is 78.4 Å². The Kier molecular flexibility index (Phi) is 7.90. The number of nitrogens with zero attached hydrogens (tertiary/aromatic N) is 1. The fourth-order valence-corrected chi connectivity index (χ4v) is 3.92. The minimum absolute atomic E-state index is 0.0444. The number of anilines is 1. The lowest BCUT2D eigenvalue weighted by Gasteiger charge is -2.16. The summed E-state index contributed by atoms with van der Waals surface area (Å²) in [7, 11) is 1.54. The highest BCUT2D eigenvalue weighted by Crippen LogP contribution is 2.31. The van der Waals surface area contributed by atoms with Crippen LogP contribution in [-0.4, -0.2) is 32.1 Å². The van der Waals surface area contributed by atoms with Crippen molar-refractivity contribution in [3.8, 4) is 17.2 Å². The number of amides is 2. The quantitative estimate of drug-likeness (QED) is 0.244. The summed E-state index contributed by atoms with van der Waals surface area (Å²) in [4.78, 5) is 25.3. The van der Waals surface area contributed by atoms with Gasteiger partial charge in [-0.25, -0.2) is 5.01 Å². The summed E-state index contributed by atoms with van der Waals surface area (Å²) in [6, 6.07) is 22.3. The molecule has 7 nitrogen and oxygen atoms in total. The van der Waals surface area contributed by atoms with Gasteiger partial charge in [0.15, 0.2) is 11.5 Å². The SMILES string of the molecule is CCC(C)c1ccccc1OCCOc1ccc(/C=C2/C(=O)NN(c3ccccc3)C2=O)cc1OC. The van der Waals surface area contributed by atoms with E-state index in [1.807, 2.05) is 24.3 Å². The predicted molar refractivity (Wildman–Crippen MR) is 139 cm³/mol. The number of methoxy groups -OCH3 is 1. The molecule has 1 unspecified atom stereocenters. The van der Waals surface area contributed by atoms with Gasteiger partial charge < -0.3 is 14.2 Å². The molecule has 36 heavy (non-hydrogen) atoms. The van der Waals surface area contributed by atoms with E-state index in [9.17, 15) is 9.59 Å². The number of benzene rings is 3. The van der Waals surface area contributed by atoms with Crippen LogP contribution < -0.4 is 24.6 Å². The summed E-state index contributed by atoms with van der Waals surface area (Å²) < 4.78 is 17.4. The third kappa shape index (κ3) is 5.51. The van der Waals surface area contributed by atoms with Crippen molar-refractivity contribution in [3.63, 3.8) is 0 Å². The van der Waals surface area contributed by atoms with E-state index in [0.717, 1.165) is 12.2 Å². The first-order valence-electron chi connectivity index (χ1n) is 12.0. The summed E-state index contributed by atoms with van der Waals surface area (Å²) in [6.45, 7) is 5.05. The predicted octanol–water partition coefficient (Wildman–Crippen LogP) is 5.13. The fraction of sp³-hybridized carbons (Fsp3) is 0.241. The summed E-state index contributed by atoms with van der Waals surface area (Å²) in [6.07, 6.45) is 2.58. The Balaban J connectivity index is 1.41. The van der Waals surface area contributed by atoms with Crippen LogP contribution in [0.25, 0.3) is 6.08 Å². The summed E-state index contributed by atoms with van der Waals surface area (Å²) in [5, 5.41) is 1.24. The number of hydrogen-bond acceptors (Lipinski definition) is 5. The van der Waals surface area contributed by atoms with E-state index >= 15 is 0 Å². The molecular formula is C29H30N2O5. The van der Waals surface area contributed by atoms with E-state index in [1.165, 1.54) is 10.6 Å². The molecule has 0 aromatic heterocycles. The molecule has 1 heterocycles. The third-order valence-corrected chi connectivity index (χ3v) is 6.07. The first-order chi connectivity index (χ1) is 17.5. The van der Waals surface area contributed by atoms with Crippen LogP contribution in [0.1, 0.15) is 37.3 Å². The van der Waals surface area contributed by atoms with Crippen molar-refractivity contribution in [1.82, 2.24) is 5.43 Å². The smallest absolute Gasteiger partial charge is 0.282 e. The van der Waals surface area contributed by atoms with Crippen molar-refractivity contribution in [1.29, 1.82) is 0 Å². The average Bonchev–Trinajstić information content (AvgIpc) is 3.20. The van der Waals surface area contributed by atoms with Gasteiger partial charge in [-0.05, 0) is 59.9 Å². The minimum Gasteiger partial charge on any atom is -0.493 e.